The quantitative estimate of drug-likeness (QED) is 0.494. The van der Waals surface area contributed by atoms with Crippen LogP contribution in [0, 0.1) is 5.92 Å². The van der Waals surface area contributed by atoms with E-state index < -0.39 is 6.10 Å². The van der Waals surface area contributed by atoms with Crippen LogP contribution in [0.1, 0.15) is 24.0 Å². The third-order valence-corrected chi connectivity index (χ3v) is 7.76. The number of aliphatic hydroxyl groups excluding tert-OH is 1. The summed E-state index contributed by atoms with van der Waals surface area (Å²) in [5.41, 5.74) is 2.93. The van der Waals surface area contributed by atoms with E-state index in [4.69, 9.17) is 4.74 Å². The van der Waals surface area contributed by atoms with Gasteiger partial charge in [0, 0.05) is 43.2 Å². The maximum Gasteiger partial charge on any atom is 0.162 e. The van der Waals surface area contributed by atoms with E-state index in [0.717, 1.165) is 89.9 Å². The van der Waals surface area contributed by atoms with Crippen molar-refractivity contribution < 1.29 is 9.84 Å². The minimum atomic E-state index is -0.584. The van der Waals surface area contributed by atoms with Crippen molar-refractivity contribution in [2.75, 3.05) is 49.2 Å². The number of piperidine rings is 1. The molecule has 4 heterocycles. The van der Waals surface area contributed by atoms with Gasteiger partial charge < -0.3 is 19.6 Å². The Morgan fingerprint density at radius 1 is 1.00 bits per heavy atom. The van der Waals surface area contributed by atoms with Crippen LogP contribution in [0.4, 0.5) is 11.5 Å². The van der Waals surface area contributed by atoms with Crippen molar-refractivity contribution in [3.63, 3.8) is 0 Å². The molecule has 9 heteroatoms. The Bertz CT molecular complexity index is 1240. The molecule has 2 fully saturated rings. The van der Waals surface area contributed by atoms with E-state index in [1.54, 1.807) is 11.3 Å². The molecule has 6 rings (SSSR count). The number of anilines is 2. The van der Waals surface area contributed by atoms with Crippen molar-refractivity contribution in [1.82, 2.24) is 20.4 Å². The molecule has 2 aliphatic heterocycles. The van der Waals surface area contributed by atoms with Gasteiger partial charge in [0.25, 0.3) is 0 Å². The highest BCUT2D eigenvalue weighted by atomic mass is 32.1. The Balaban J connectivity index is 1.25. The van der Waals surface area contributed by atoms with Crippen LogP contribution in [0.3, 0.4) is 0 Å². The van der Waals surface area contributed by atoms with Crippen molar-refractivity contribution >= 4 is 44.0 Å². The number of nitrogens with zero attached hydrogens (tertiary/aromatic N) is 6. The van der Waals surface area contributed by atoms with Gasteiger partial charge in [-0.25, -0.2) is 4.98 Å². The number of aliphatic hydroxyl groups is 1. The number of fused-ring (bicyclic) bond motifs is 2. The predicted molar refractivity (Wildman–Crippen MR) is 130 cm³/mol. The van der Waals surface area contributed by atoms with Crippen LogP contribution >= 0.6 is 11.3 Å². The third kappa shape index (κ3) is 4.01. The van der Waals surface area contributed by atoms with Crippen molar-refractivity contribution in [2.24, 2.45) is 5.92 Å². The average Bonchev–Trinajstić information content (AvgIpc) is 3.32. The van der Waals surface area contributed by atoms with Gasteiger partial charge in [-0.1, -0.05) is 12.1 Å². The largest absolute Gasteiger partial charge is 0.386 e. The molecule has 0 amide bonds. The Labute approximate surface area is 195 Å². The van der Waals surface area contributed by atoms with Crippen molar-refractivity contribution in [3.8, 4) is 0 Å². The van der Waals surface area contributed by atoms with E-state index in [1.807, 2.05) is 18.2 Å². The Hall–Kier alpha value is -2.88. The summed E-state index contributed by atoms with van der Waals surface area (Å²) >= 11 is 1.58. The molecule has 2 aliphatic rings. The van der Waals surface area contributed by atoms with E-state index in [9.17, 15) is 5.11 Å². The van der Waals surface area contributed by atoms with Gasteiger partial charge in [0.15, 0.2) is 5.82 Å². The first-order chi connectivity index (χ1) is 16.3. The first kappa shape index (κ1) is 20.7. The summed E-state index contributed by atoms with van der Waals surface area (Å²) in [5, 5.41) is 25.8. The summed E-state index contributed by atoms with van der Waals surface area (Å²) in [6.07, 6.45) is 1.37. The monoisotopic (exact) mass is 462 g/mol. The van der Waals surface area contributed by atoms with Crippen molar-refractivity contribution in [3.05, 3.63) is 47.5 Å². The molecule has 2 unspecified atom stereocenters. The molecule has 0 spiro atoms. The fourth-order valence-electron chi connectivity index (χ4n) is 4.89. The van der Waals surface area contributed by atoms with E-state index in [1.165, 1.54) is 0 Å². The maximum atomic E-state index is 11.2. The zero-order chi connectivity index (χ0) is 22.2. The molecule has 4 aromatic rings. The standard InChI is InChI=1S/C24H26N6O2S/c31-22(24-25-19-5-1-2-6-21(19)33-24)16-4-3-9-30(15-16)23-18-8-7-17(14-20(18)26-28-27-23)29-10-12-32-13-11-29/h1-2,5-8,14,16,22,31H,3-4,9-13,15H2. The molecule has 2 atom stereocenters. The van der Waals surface area contributed by atoms with E-state index in [-0.39, 0.29) is 5.92 Å². The van der Waals surface area contributed by atoms with Gasteiger partial charge in [0.2, 0.25) is 0 Å². The molecule has 0 radical (unpaired) electrons. The van der Waals surface area contributed by atoms with E-state index >= 15 is 0 Å². The molecule has 1 N–H and O–H groups in total. The highest BCUT2D eigenvalue weighted by Crippen LogP contribution is 2.36. The number of ether oxygens (including phenoxy) is 1. The minimum Gasteiger partial charge on any atom is -0.386 e. The maximum absolute atomic E-state index is 11.2. The SMILES string of the molecule is OC(c1nc2ccccc2s1)C1CCCN(c2nnnc3cc(N4CCOCC4)ccc23)C1. The van der Waals surface area contributed by atoms with E-state index in [2.05, 4.69) is 54.5 Å². The van der Waals surface area contributed by atoms with Crippen LogP contribution in [-0.2, 0) is 4.74 Å². The van der Waals surface area contributed by atoms with Crippen LogP contribution in [0.5, 0.6) is 0 Å². The molecule has 2 aromatic carbocycles. The summed E-state index contributed by atoms with van der Waals surface area (Å²) in [7, 11) is 0. The smallest absolute Gasteiger partial charge is 0.162 e. The first-order valence-corrected chi connectivity index (χ1v) is 12.3. The third-order valence-electron chi connectivity index (χ3n) is 6.66. The number of aromatic nitrogens is 4. The number of rotatable bonds is 4. The van der Waals surface area contributed by atoms with Gasteiger partial charge in [-0.3, -0.25) is 0 Å². The molecule has 170 valence electrons. The minimum absolute atomic E-state index is 0.0944. The van der Waals surface area contributed by atoms with Crippen LogP contribution in [0.2, 0.25) is 0 Å². The van der Waals surface area contributed by atoms with Gasteiger partial charge >= 0.3 is 0 Å². The summed E-state index contributed by atoms with van der Waals surface area (Å²) in [6.45, 7) is 4.87. The zero-order valence-electron chi connectivity index (χ0n) is 18.3. The predicted octanol–water partition coefficient (Wildman–Crippen LogP) is 3.42. The number of morpholine rings is 1. The lowest BCUT2D eigenvalue weighted by Gasteiger charge is -2.35. The number of para-hydroxylation sites is 1. The second kappa shape index (κ2) is 8.81. The summed E-state index contributed by atoms with van der Waals surface area (Å²) in [5.74, 6) is 0.937. The molecule has 0 bridgehead atoms. The van der Waals surface area contributed by atoms with Crippen molar-refractivity contribution in [2.45, 2.75) is 18.9 Å². The average molecular weight is 463 g/mol. The molecule has 33 heavy (non-hydrogen) atoms. The van der Waals surface area contributed by atoms with Crippen molar-refractivity contribution in [1.29, 1.82) is 0 Å². The molecule has 0 saturated carbocycles. The number of thiazole rings is 1. The Morgan fingerprint density at radius 3 is 2.76 bits per heavy atom. The van der Waals surface area contributed by atoms with Gasteiger partial charge in [0.05, 0.1) is 23.4 Å². The fraction of sp³-hybridized carbons (Fsp3) is 0.417. The number of hydrogen-bond acceptors (Lipinski definition) is 9. The fourth-order valence-corrected chi connectivity index (χ4v) is 5.94. The molecular weight excluding hydrogens is 436 g/mol. The van der Waals surface area contributed by atoms with Gasteiger partial charge in [-0.15, -0.1) is 21.5 Å². The lowest BCUT2D eigenvalue weighted by molar-refractivity contribution is 0.0979. The highest BCUT2D eigenvalue weighted by molar-refractivity contribution is 7.18. The zero-order valence-corrected chi connectivity index (χ0v) is 19.1. The molecule has 2 saturated heterocycles. The van der Waals surface area contributed by atoms with Crippen LogP contribution in [-0.4, -0.2) is 64.9 Å². The first-order valence-electron chi connectivity index (χ1n) is 11.5. The second-order valence-electron chi connectivity index (χ2n) is 8.73. The lowest BCUT2D eigenvalue weighted by Crippen LogP contribution is -2.38. The summed E-state index contributed by atoms with van der Waals surface area (Å²) in [6, 6.07) is 14.4. The summed E-state index contributed by atoms with van der Waals surface area (Å²) < 4.78 is 6.59. The Kier molecular flexibility index (Phi) is 5.53. The second-order valence-corrected chi connectivity index (χ2v) is 9.79. The topological polar surface area (TPSA) is 87.5 Å². The molecule has 8 nitrogen and oxygen atoms in total. The number of hydrogen-bond donors (Lipinski definition) is 1. The van der Waals surface area contributed by atoms with Gasteiger partial charge in [-0.2, -0.15) is 0 Å². The van der Waals surface area contributed by atoms with Gasteiger partial charge in [-0.05, 0) is 48.4 Å². The van der Waals surface area contributed by atoms with Crippen LogP contribution in [0.25, 0.3) is 21.1 Å². The van der Waals surface area contributed by atoms with Crippen LogP contribution in [0.15, 0.2) is 42.5 Å². The normalized spacial score (nSPS) is 20.5. The molecule has 0 aliphatic carbocycles. The Morgan fingerprint density at radius 2 is 1.88 bits per heavy atom. The van der Waals surface area contributed by atoms with Crippen LogP contribution < -0.4 is 9.80 Å². The molecule has 2 aromatic heterocycles. The van der Waals surface area contributed by atoms with E-state index in [0.29, 0.717) is 0 Å². The van der Waals surface area contributed by atoms with Gasteiger partial charge in [0.1, 0.15) is 16.6 Å². The number of benzene rings is 2. The highest BCUT2D eigenvalue weighted by Gasteiger charge is 2.30. The molecular formula is C24H26N6O2S. The lowest BCUT2D eigenvalue weighted by atomic mass is 9.92. The summed E-state index contributed by atoms with van der Waals surface area (Å²) in [4.78, 5) is 9.25.